The van der Waals surface area contributed by atoms with Crippen LogP contribution in [0.2, 0.25) is 0 Å². The van der Waals surface area contributed by atoms with Crippen molar-refractivity contribution in [2.45, 2.75) is 6.54 Å². The van der Waals surface area contributed by atoms with Crippen molar-refractivity contribution in [3.63, 3.8) is 0 Å². The van der Waals surface area contributed by atoms with Gasteiger partial charge < -0.3 is 14.8 Å². The molecule has 2 aromatic carbocycles. The average Bonchev–Trinajstić information content (AvgIpc) is 3.26. The van der Waals surface area contributed by atoms with E-state index in [2.05, 4.69) is 15.7 Å². The monoisotopic (exact) mass is 408 g/mol. The van der Waals surface area contributed by atoms with Crippen molar-refractivity contribution >= 4 is 23.6 Å². The molecule has 0 saturated heterocycles. The van der Waals surface area contributed by atoms with Gasteiger partial charge in [-0.1, -0.05) is 12.1 Å². The van der Waals surface area contributed by atoms with Crippen LogP contribution >= 0.6 is 0 Å². The van der Waals surface area contributed by atoms with Crippen LogP contribution in [0.5, 0.6) is 5.75 Å². The Bertz CT molecular complexity index is 999. The van der Waals surface area contributed by atoms with Crippen LogP contribution in [-0.2, 0) is 16.1 Å². The summed E-state index contributed by atoms with van der Waals surface area (Å²) in [6, 6.07) is 14.4. The Morgan fingerprint density at radius 2 is 1.77 bits per heavy atom. The summed E-state index contributed by atoms with van der Waals surface area (Å²) in [6.07, 6.45) is 3.53. The number of carbonyl (C=O) groups is 3. The number of imide groups is 1. The van der Waals surface area contributed by atoms with Crippen LogP contribution in [0.3, 0.4) is 0 Å². The van der Waals surface area contributed by atoms with Crippen LogP contribution in [0.1, 0.15) is 15.9 Å². The van der Waals surface area contributed by atoms with Gasteiger partial charge in [-0.15, -0.1) is 0 Å². The van der Waals surface area contributed by atoms with E-state index in [1.807, 2.05) is 12.3 Å². The second-order valence-electron chi connectivity index (χ2n) is 6.21. The van der Waals surface area contributed by atoms with Crippen LogP contribution in [0.4, 0.5) is 10.5 Å². The number of aromatic nitrogens is 2. The van der Waals surface area contributed by atoms with Crippen molar-refractivity contribution in [3.05, 3.63) is 78.1 Å². The molecular weight excluding hydrogens is 388 g/mol. The van der Waals surface area contributed by atoms with E-state index in [1.165, 1.54) is 7.11 Å². The first-order chi connectivity index (χ1) is 14.5. The number of hydrogen-bond donors (Lipinski definition) is 2. The Kier molecular flexibility index (Phi) is 6.78. The lowest BCUT2D eigenvalue weighted by Gasteiger charge is -2.08. The number of benzene rings is 2. The largest absolute Gasteiger partial charge is 0.497 e. The molecule has 0 radical (unpaired) electrons. The molecular formula is C21H20N4O5. The molecule has 0 aliphatic rings. The standard InChI is InChI=1S/C21H20N4O5/c1-29-18-9-7-17(8-10-18)23-21(28)24-19(26)14-30-20(27)16-5-3-15(4-6-16)13-25-12-2-11-22-25/h2-12H,13-14H2,1H3,(H2,23,24,26,28). The Balaban J connectivity index is 1.43. The summed E-state index contributed by atoms with van der Waals surface area (Å²) in [7, 11) is 1.53. The number of carbonyl (C=O) groups excluding carboxylic acids is 3. The van der Waals surface area contributed by atoms with Crippen molar-refractivity contribution in [1.82, 2.24) is 15.1 Å². The molecule has 9 nitrogen and oxygen atoms in total. The summed E-state index contributed by atoms with van der Waals surface area (Å²) in [6.45, 7) is -0.00204. The minimum absolute atomic E-state index is 0.301. The van der Waals surface area contributed by atoms with Gasteiger partial charge in [0.25, 0.3) is 5.91 Å². The summed E-state index contributed by atoms with van der Waals surface area (Å²) in [5.41, 5.74) is 1.74. The topological polar surface area (TPSA) is 112 Å². The van der Waals surface area contributed by atoms with E-state index >= 15 is 0 Å². The van der Waals surface area contributed by atoms with E-state index < -0.39 is 24.5 Å². The molecule has 1 heterocycles. The number of esters is 1. The predicted octanol–water partition coefficient (Wildman–Crippen LogP) is 2.45. The first-order valence-corrected chi connectivity index (χ1v) is 9.02. The smallest absolute Gasteiger partial charge is 0.338 e. The highest BCUT2D eigenvalue weighted by atomic mass is 16.5. The summed E-state index contributed by atoms with van der Waals surface area (Å²) in [5.74, 6) is -0.769. The fourth-order valence-electron chi connectivity index (χ4n) is 2.54. The fraction of sp³-hybridized carbons (Fsp3) is 0.143. The van der Waals surface area contributed by atoms with Gasteiger partial charge in [-0.2, -0.15) is 5.10 Å². The molecule has 0 saturated carbocycles. The summed E-state index contributed by atoms with van der Waals surface area (Å²) in [4.78, 5) is 35.8. The van der Waals surface area contributed by atoms with Gasteiger partial charge in [-0.3, -0.25) is 14.8 Å². The van der Waals surface area contributed by atoms with E-state index in [-0.39, 0.29) is 0 Å². The normalized spacial score (nSPS) is 10.2. The molecule has 3 amide bonds. The number of ether oxygens (including phenoxy) is 2. The Morgan fingerprint density at radius 1 is 1.03 bits per heavy atom. The highest BCUT2D eigenvalue weighted by Gasteiger charge is 2.13. The van der Waals surface area contributed by atoms with E-state index in [0.29, 0.717) is 23.5 Å². The maximum absolute atomic E-state index is 12.1. The third kappa shape index (κ3) is 5.93. The van der Waals surface area contributed by atoms with E-state index in [9.17, 15) is 14.4 Å². The molecule has 0 aliphatic carbocycles. The van der Waals surface area contributed by atoms with Crippen molar-refractivity contribution in [1.29, 1.82) is 0 Å². The van der Waals surface area contributed by atoms with Crippen LogP contribution < -0.4 is 15.4 Å². The zero-order valence-electron chi connectivity index (χ0n) is 16.2. The van der Waals surface area contributed by atoms with Gasteiger partial charge in [0.1, 0.15) is 5.75 Å². The molecule has 0 bridgehead atoms. The predicted molar refractivity (Wildman–Crippen MR) is 108 cm³/mol. The SMILES string of the molecule is COc1ccc(NC(=O)NC(=O)COC(=O)c2ccc(Cn3cccn3)cc2)cc1. The van der Waals surface area contributed by atoms with Gasteiger partial charge in [0.05, 0.1) is 19.2 Å². The molecule has 0 fully saturated rings. The van der Waals surface area contributed by atoms with Crippen molar-refractivity contribution < 1.29 is 23.9 Å². The first kappa shape index (κ1) is 20.6. The third-order valence-electron chi connectivity index (χ3n) is 4.03. The Morgan fingerprint density at radius 3 is 2.40 bits per heavy atom. The third-order valence-corrected chi connectivity index (χ3v) is 4.03. The minimum atomic E-state index is -0.746. The molecule has 1 aromatic heterocycles. The lowest BCUT2D eigenvalue weighted by molar-refractivity contribution is -0.123. The van der Waals surface area contributed by atoms with Gasteiger partial charge in [-0.05, 0) is 48.0 Å². The number of rotatable bonds is 7. The number of methoxy groups -OCH3 is 1. The lowest BCUT2D eigenvalue weighted by atomic mass is 10.1. The lowest BCUT2D eigenvalue weighted by Crippen LogP contribution is -2.37. The molecule has 9 heteroatoms. The minimum Gasteiger partial charge on any atom is -0.497 e. The molecule has 30 heavy (non-hydrogen) atoms. The number of urea groups is 1. The summed E-state index contributed by atoms with van der Waals surface area (Å²) < 4.78 is 11.7. The van der Waals surface area contributed by atoms with E-state index in [4.69, 9.17) is 9.47 Å². The van der Waals surface area contributed by atoms with Crippen LogP contribution in [-0.4, -0.2) is 41.4 Å². The number of amides is 3. The van der Waals surface area contributed by atoms with Gasteiger partial charge >= 0.3 is 12.0 Å². The molecule has 2 N–H and O–H groups in total. The van der Waals surface area contributed by atoms with Crippen molar-refractivity contribution in [3.8, 4) is 5.75 Å². The first-order valence-electron chi connectivity index (χ1n) is 9.02. The van der Waals surface area contributed by atoms with E-state index in [1.54, 1.807) is 59.4 Å². The molecule has 3 rings (SSSR count). The van der Waals surface area contributed by atoms with Gasteiger partial charge in [0.15, 0.2) is 6.61 Å². The summed E-state index contributed by atoms with van der Waals surface area (Å²) in [5, 5.41) is 8.70. The molecule has 0 atom stereocenters. The maximum Gasteiger partial charge on any atom is 0.338 e. The second kappa shape index (κ2) is 9.87. The van der Waals surface area contributed by atoms with Gasteiger partial charge in [0.2, 0.25) is 0 Å². The van der Waals surface area contributed by atoms with Gasteiger partial charge in [-0.25, -0.2) is 9.59 Å². The number of hydrogen-bond acceptors (Lipinski definition) is 6. The Hall–Kier alpha value is -4.14. The molecule has 0 aliphatic heterocycles. The maximum atomic E-state index is 12.1. The van der Waals surface area contributed by atoms with Crippen LogP contribution in [0.15, 0.2) is 67.0 Å². The van der Waals surface area contributed by atoms with Crippen molar-refractivity contribution in [2.75, 3.05) is 19.0 Å². The van der Waals surface area contributed by atoms with Crippen LogP contribution in [0, 0.1) is 0 Å². The average molecular weight is 408 g/mol. The summed E-state index contributed by atoms with van der Waals surface area (Å²) >= 11 is 0. The number of anilines is 1. The number of nitrogens with one attached hydrogen (secondary N) is 2. The molecule has 154 valence electrons. The molecule has 0 unspecified atom stereocenters. The quantitative estimate of drug-likeness (QED) is 0.581. The molecule has 0 spiro atoms. The van der Waals surface area contributed by atoms with E-state index in [0.717, 1.165) is 5.56 Å². The second-order valence-corrected chi connectivity index (χ2v) is 6.21. The number of nitrogens with zero attached hydrogens (tertiary/aromatic N) is 2. The Labute approximate surface area is 172 Å². The highest BCUT2D eigenvalue weighted by Crippen LogP contribution is 2.14. The zero-order valence-corrected chi connectivity index (χ0v) is 16.2. The van der Waals surface area contributed by atoms with Crippen molar-refractivity contribution in [2.24, 2.45) is 0 Å². The molecule has 3 aromatic rings. The van der Waals surface area contributed by atoms with Gasteiger partial charge in [0, 0.05) is 18.1 Å². The zero-order chi connectivity index (χ0) is 21.3. The highest BCUT2D eigenvalue weighted by molar-refractivity contribution is 6.02. The fourth-order valence-corrected chi connectivity index (χ4v) is 2.54. The van der Waals surface area contributed by atoms with Crippen LogP contribution in [0.25, 0.3) is 0 Å².